The second-order valence-electron chi connectivity index (χ2n) is 4.29. The van der Waals surface area contributed by atoms with E-state index >= 15 is 0 Å². The first-order valence-electron chi connectivity index (χ1n) is 5.34. The molecule has 2 unspecified atom stereocenters. The van der Waals surface area contributed by atoms with Crippen LogP contribution in [0.15, 0.2) is 29.3 Å². The summed E-state index contributed by atoms with van der Waals surface area (Å²) in [7, 11) is 2.04. The van der Waals surface area contributed by atoms with Gasteiger partial charge in [0.2, 0.25) is 0 Å². The molecular formula is C12H14N2O. The van der Waals surface area contributed by atoms with Crippen molar-refractivity contribution in [3.05, 3.63) is 29.8 Å². The van der Waals surface area contributed by atoms with Crippen LogP contribution in [0.3, 0.4) is 0 Å². The minimum absolute atomic E-state index is 0.199. The Kier molecular flexibility index (Phi) is 1.83. The molecule has 2 aliphatic rings. The Bertz CT molecular complexity index is 427. The maximum atomic E-state index is 10.2. The SMILES string of the molecule is CN1CCC2C1=Nc1ccccc1C2O. The minimum Gasteiger partial charge on any atom is -0.388 e. The number of amidine groups is 1. The van der Waals surface area contributed by atoms with E-state index in [4.69, 9.17) is 0 Å². The number of fused-ring (bicyclic) bond motifs is 2. The van der Waals surface area contributed by atoms with Crippen molar-refractivity contribution in [2.75, 3.05) is 13.6 Å². The van der Waals surface area contributed by atoms with Crippen molar-refractivity contribution >= 4 is 11.5 Å². The fraction of sp³-hybridized carbons (Fsp3) is 0.417. The Morgan fingerprint density at radius 3 is 3.07 bits per heavy atom. The highest BCUT2D eigenvalue weighted by atomic mass is 16.3. The van der Waals surface area contributed by atoms with E-state index in [1.54, 1.807) is 0 Å². The van der Waals surface area contributed by atoms with Gasteiger partial charge in [-0.3, -0.25) is 0 Å². The summed E-state index contributed by atoms with van der Waals surface area (Å²) in [4.78, 5) is 6.76. The van der Waals surface area contributed by atoms with Gasteiger partial charge in [-0.15, -0.1) is 0 Å². The first-order chi connectivity index (χ1) is 7.27. The van der Waals surface area contributed by atoms with E-state index in [0.29, 0.717) is 0 Å². The molecule has 0 saturated carbocycles. The summed E-state index contributed by atoms with van der Waals surface area (Å²) in [6.07, 6.45) is 0.629. The van der Waals surface area contributed by atoms with Crippen molar-refractivity contribution in [1.29, 1.82) is 0 Å². The lowest BCUT2D eigenvalue weighted by atomic mass is 9.90. The van der Waals surface area contributed by atoms with E-state index in [9.17, 15) is 5.11 Å². The molecule has 0 spiro atoms. The van der Waals surface area contributed by atoms with Gasteiger partial charge in [-0.2, -0.15) is 0 Å². The van der Waals surface area contributed by atoms with Crippen molar-refractivity contribution in [2.24, 2.45) is 10.9 Å². The van der Waals surface area contributed by atoms with E-state index in [1.807, 2.05) is 31.3 Å². The van der Waals surface area contributed by atoms with Crippen molar-refractivity contribution in [3.8, 4) is 0 Å². The molecule has 0 aromatic heterocycles. The number of hydrogen-bond acceptors (Lipinski definition) is 3. The van der Waals surface area contributed by atoms with Crippen LogP contribution in [-0.4, -0.2) is 29.4 Å². The molecule has 2 aliphatic heterocycles. The molecule has 0 amide bonds. The third kappa shape index (κ3) is 1.20. The van der Waals surface area contributed by atoms with E-state index in [0.717, 1.165) is 30.1 Å². The number of nitrogens with zero attached hydrogens (tertiary/aromatic N) is 2. The van der Waals surface area contributed by atoms with E-state index in [1.165, 1.54) is 0 Å². The Hall–Kier alpha value is -1.35. The number of rotatable bonds is 0. The number of aliphatic hydroxyl groups excluding tert-OH is 1. The van der Waals surface area contributed by atoms with Crippen molar-refractivity contribution < 1.29 is 5.11 Å². The number of hydrogen-bond donors (Lipinski definition) is 1. The third-order valence-electron chi connectivity index (χ3n) is 3.37. The number of likely N-dealkylation sites (tertiary alicyclic amines) is 1. The van der Waals surface area contributed by atoms with Crippen LogP contribution < -0.4 is 0 Å². The Morgan fingerprint density at radius 2 is 2.20 bits per heavy atom. The van der Waals surface area contributed by atoms with Gasteiger partial charge in [0.1, 0.15) is 5.84 Å². The summed E-state index contributed by atoms with van der Waals surface area (Å²) >= 11 is 0. The number of aliphatic imine (C=N–C) groups is 1. The van der Waals surface area contributed by atoms with Gasteiger partial charge in [0.15, 0.2) is 0 Å². The lowest BCUT2D eigenvalue weighted by molar-refractivity contribution is 0.139. The predicted octanol–water partition coefficient (Wildman–Crippen LogP) is 1.72. The molecule has 1 N–H and O–H groups in total. The van der Waals surface area contributed by atoms with Gasteiger partial charge >= 0.3 is 0 Å². The maximum Gasteiger partial charge on any atom is 0.111 e. The van der Waals surface area contributed by atoms with E-state index < -0.39 is 0 Å². The monoisotopic (exact) mass is 202 g/mol. The van der Waals surface area contributed by atoms with E-state index in [2.05, 4.69) is 9.89 Å². The van der Waals surface area contributed by atoms with Crippen LogP contribution >= 0.6 is 0 Å². The average Bonchev–Trinajstić information content (AvgIpc) is 2.62. The molecule has 2 heterocycles. The normalized spacial score (nSPS) is 28.4. The summed E-state index contributed by atoms with van der Waals surface area (Å²) < 4.78 is 0. The zero-order valence-electron chi connectivity index (χ0n) is 8.72. The summed E-state index contributed by atoms with van der Waals surface area (Å²) in [5.41, 5.74) is 1.89. The zero-order valence-corrected chi connectivity index (χ0v) is 8.72. The molecule has 1 fully saturated rings. The number of aliphatic hydroxyl groups is 1. The quantitative estimate of drug-likeness (QED) is 0.695. The molecule has 1 aromatic rings. The van der Waals surface area contributed by atoms with Crippen LogP contribution in [0.1, 0.15) is 18.1 Å². The second-order valence-corrected chi connectivity index (χ2v) is 4.29. The standard InChI is InChI=1S/C12H14N2O/c1-14-7-6-9-11(15)8-4-2-3-5-10(8)13-12(9)14/h2-5,9,11,15H,6-7H2,1H3. The summed E-state index contributed by atoms with van der Waals surface area (Å²) in [6.45, 7) is 0.995. The van der Waals surface area contributed by atoms with Gasteiger partial charge in [0.05, 0.1) is 11.8 Å². The highest BCUT2D eigenvalue weighted by Crippen LogP contribution is 2.40. The Balaban J connectivity index is 2.14. The van der Waals surface area contributed by atoms with Crippen LogP contribution in [0.5, 0.6) is 0 Å². The van der Waals surface area contributed by atoms with E-state index in [-0.39, 0.29) is 12.0 Å². The highest BCUT2D eigenvalue weighted by Gasteiger charge is 2.37. The van der Waals surface area contributed by atoms with Crippen molar-refractivity contribution in [3.63, 3.8) is 0 Å². The van der Waals surface area contributed by atoms with Gasteiger partial charge in [-0.05, 0) is 12.5 Å². The van der Waals surface area contributed by atoms with Crippen LogP contribution in [0.2, 0.25) is 0 Å². The average molecular weight is 202 g/mol. The van der Waals surface area contributed by atoms with Crippen molar-refractivity contribution in [1.82, 2.24) is 4.90 Å². The summed E-state index contributed by atoms with van der Waals surface area (Å²) in [5.74, 6) is 1.24. The lowest BCUT2D eigenvalue weighted by Gasteiger charge is -2.26. The molecule has 3 nitrogen and oxygen atoms in total. The second kappa shape index (κ2) is 3.07. The fourth-order valence-electron chi connectivity index (χ4n) is 2.51. The van der Waals surface area contributed by atoms with Gasteiger partial charge in [-0.1, -0.05) is 18.2 Å². The van der Waals surface area contributed by atoms with Crippen LogP contribution in [0, 0.1) is 5.92 Å². The molecule has 3 rings (SSSR count). The van der Waals surface area contributed by atoms with Crippen LogP contribution in [0.4, 0.5) is 5.69 Å². The molecule has 2 atom stereocenters. The fourth-order valence-corrected chi connectivity index (χ4v) is 2.51. The first kappa shape index (κ1) is 8.92. The van der Waals surface area contributed by atoms with Gasteiger partial charge < -0.3 is 10.0 Å². The summed E-state index contributed by atoms with van der Waals surface area (Å²) in [5, 5.41) is 10.2. The molecule has 0 radical (unpaired) electrons. The molecule has 3 heteroatoms. The Labute approximate surface area is 89.1 Å². The molecular weight excluding hydrogens is 188 g/mol. The van der Waals surface area contributed by atoms with Crippen molar-refractivity contribution in [2.45, 2.75) is 12.5 Å². The Morgan fingerprint density at radius 1 is 1.40 bits per heavy atom. The van der Waals surface area contributed by atoms with Crippen LogP contribution in [-0.2, 0) is 0 Å². The van der Waals surface area contributed by atoms with Gasteiger partial charge in [-0.25, -0.2) is 4.99 Å². The number of para-hydroxylation sites is 1. The summed E-state index contributed by atoms with van der Waals surface area (Å²) in [6, 6.07) is 7.86. The molecule has 15 heavy (non-hydrogen) atoms. The molecule has 78 valence electrons. The smallest absolute Gasteiger partial charge is 0.111 e. The topological polar surface area (TPSA) is 35.8 Å². The van der Waals surface area contributed by atoms with Crippen LogP contribution in [0.25, 0.3) is 0 Å². The highest BCUT2D eigenvalue weighted by molar-refractivity contribution is 5.91. The molecule has 0 aliphatic carbocycles. The minimum atomic E-state index is -0.376. The van der Waals surface area contributed by atoms with Gasteiger partial charge in [0.25, 0.3) is 0 Å². The molecule has 1 aromatic carbocycles. The molecule has 0 bridgehead atoms. The predicted molar refractivity (Wildman–Crippen MR) is 59.2 cm³/mol. The van der Waals surface area contributed by atoms with Gasteiger partial charge in [0, 0.05) is 25.1 Å². The first-order valence-corrected chi connectivity index (χ1v) is 5.34. The largest absolute Gasteiger partial charge is 0.388 e. The molecule has 1 saturated heterocycles. The zero-order chi connectivity index (χ0) is 10.4. The third-order valence-corrected chi connectivity index (χ3v) is 3.37. The maximum absolute atomic E-state index is 10.2. The number of benzene rings is 1. The lowest BCUT2D eigenvalue weighted by Crippen LogP contribution is -2.28.